The summed E-state index contributed by atoms with van der Waals surface area (Å²) in [6, 6.07) is 10.4. The number of H-pyrrole nitrogens is 1. The molecule has 0 spiro atoms. The summed E-state index contributed by atoms with van der Waals surface area (Å²) in [6.45, 7) is 4.09. The van der Waals surface area contributed by atoms with Crippen molar-refractivity contribution in [3.63, 3.8) is 0 Å². The normalized spacial score (nSPS) is 14.7. The van der Waals surface area contributed by atoms with Gasteiger partial charge in [-0.25, -0.2) is 14.0 Å². The van der Waals surface area contributed by atoms with Crippen molar-refractivity contribution in [1.82, 2.24) is 14.8 Å². The van der Waals surface area contributed by atoms with Gasteiger partial charge >= 0.3 is 12.0 Å². The first-order valence-corrected chi connectivity index (χ1v) is 11.0. The summed E-state index contributed by atoms with van der Waals surface area (Å²) in [6.07, 6.45) is 1.33. The molecule has 9 heteroatoms. The molecule has 1 aromatic heterocycles. The van der Waals surface area contributed by atoms with E-state index < -0.39 is 23.1 Å². The van der Waals surface area contributed by atoms with E-state index in [2.05, 4.69) is 4.98 Å². The lowest BCUT2D eigenvalue weighted by molar-refractivity contribution is -0.130. The van der Waals surface area contributed by atoms with Crippen LogP contribution in [0.1, 0.15) is 35.5 Å². The molecule has 2 aromatic carbocycles. The number of nitrogens with zero attached hydrogens (tertiary/aromatic N) is 3. The highest BCUT2D eigenvalue weighted by Gasteiger charge is 2.37. The molecule has 35 heavy (non-hydrogen) atoms. The summed E-state index contributed by atoms with van der Waals surface area (Å²) in [4.78, 5) is 45.5. The SMILES string of the molecule is CN(C)C(=O)N(C)c1ccc2c3c([nH]c2c1)C(C(=O)O)=CN(C(=O)c1ccc(F)cc1)CC3(C)C. The number of halogens is 1. The Bertz CT molecular complexity index is 1370. The van der Waals surface area contributed by atoms with Crippen LogP contribution in [0, 0.1) is 5.82 Å². The molecule has 182 valence electrons. The number of hydrogen-bond donors (Lipinski definition) is 2. The van der Waals surface area contributed by atoms with Gasteiger partial charge in [-0.1, -0.05) is 19.9 Å². The molecule has 0 saturated heterocycles. The van der Waals surface area contributed by atoms with Crippen LogP contribution >= 0.6 is 0 Å². The first-order chi connectivity index (χ1) is 16.4. The molecule has 0 radical (unpaired) electrons. The third-order valence-electron chi connectivity index (χ3n) is 6.22. The number of aromatic nitrogens is 1. The minimum atomic E-state index is -1.19. The van der Waals surface area contributed by atoms with E-state index >= 15 is 0 Å². The minimum Gasteiger partial charge on any atom is -0.478 e. The highest BCUT2D eigenvalue weighted by atomic mass is 19.1. The molecule has 3 aromatic rings. The number of amides is 3. The number of aliphatic carboxylic acids is 1. The zero-order chi connectivity index (χ0) is 25.7. The second-order valence-electron chi connectivity index (χ2n) is 9.51. The Labute approximate surface area is 202 Å². The second kappa shape index (κ2) is 8.57. The van der Waals surface area contributed by atoms with E-state index in [-0.39, 0.29) is 23.7 Å². The molecule has 2 N–H and O–H groups in total. The van der Waals surface area contributed by atoms with Crippen LogP contribution in [-0.4, -0.2) is 65.5 Å². The Morgan fingerprint density at radius 1 is 1.06 bits per heavy atom. The van der Waals surface area contributed by atoms with Crippen molar-refractivity contribution in [1.29, 1.82) is 0 Å². The molecule has 0 saturated carbocycles. The summed E-state index contributed by atoms with van der Waals surface area (Å²) in [5.41, 5.74) is 2.08. The number of carbonyl (C=O) groups is 3. The molecule has 0 unspecified atom stereocenters. The average molecular weight is 479 g/mol. The van der Waals surface area contributed by atoms with E-state index in [0.29, 0.717) is 16.9 Å². The lowest BCUT2D eigenvalue weighted by atomic mass is 9.81. The predicted molar refractivity (Wildman–Crippen MR) is 132 cm³/mol. The number of anilines is 1. The topological polar surface area (TPSA) is 96.9 Å². The summed E-state index contributed by atoms with van der Waals surface area (Å²) < 4.78 is 13.4. The van der Waals surface area contributed by atoms with E-state index in [0.717, 1.165) is 10.9 Å². The molecule has 0 aliphatic carbocycles. The van der Waals surface area contributed by atoms with Crippen LogP contribution in [0.15, 0.2) is 48.7 Å². The van der Waals surface area contributed by atoms with Crippen molar-refractivity contribution < 1.29 is 23.9 Å². The molecule has 0 atom stereocenters. The number of fused-ring (bicyclic) bond motifs is 3. The second-order valence-corrected chi connectivity index (χ2v) is 9.51. The van der Waals surface area contributed by atoms with Gasteiger partial charge < -0.3 is 19.9 Å². The highest BCUT2D eigenvalue weighted by Crippen LogP contribution is 2.41. The molecular weight excluding hydrogens is 451 g/mol. The van der Waals surface area contributed by atoms with Gasteiger partial charge in [-0.3, -0.25) is 9.69 Å². The summed E-state index contributed by atoms with van der Waals surface area (Å²) >= 11 is 0. The van der Waals surface area contributed by atoms with E-state index in [4.69, 9.17) is 0 Å². The van der Waals surface area contributed by atoms with Gasteiger partial charge in [0.1, 0.15) is 5.82 Å². The van der Waals surface area contributed by atoms with Crippen molar-refractivity contribution in [2.75, 3.05) is 32.6 Å². The number of aromatic amines is 1. The number of urea groups is 1. The van der Waals surface area contributed by atoms with Crippen molar-refractivity contribution in [2.24, 2.45) is 0 Å². The van der Waals surface area contributed by atoms with E-state index in [1.54, 1.807) is 21.1 Å². The van der Waals surface area contributed by atoms with Crippen LogP contribution < -0.4 is 4.90 Å². The minimum absolute atomic E-state index is 0.0588. The lowest BCUT2D eigenvalue weighted by Crippen LogP contribution is -2.37. The molecule has 0 bridgehead atoms. The monoisotopic (exact) mass is 478 g/mol. The maximum Gasteiger partial charge on any atom is 0.339 e. The molecule has 1 aliphatic heterocycles. The van der Waals surface area contributed by atoms with Crippen LogP contribution in [0.4, 0.5) is 14.9 Å². The fourth-order valence-electron chi connectivity index (χ4n) is 4.53. The fourth-order valence-corrected chi connectivity index (χ4v) is 4.53. The lowest BCUT2D eigenvalue weighted by Gasteiger charge is -2.30. The van der Waals surface area contributed by atoms with Crippen LogP contribution in [0.2, 0.25) is 0 Å². The number of nitrogens with one attached hydrogen (secondary N) is 1. The van der Waals surface area contributed by atoms with Gasteiger partial charge in [0.05, 0.1) is 11.3 Å². The number of carbonyl (C=O) groups excluding carboxylic acids is 2. The number of carboxylic acid groups (broad SMARTS) is 1. The van der Waals surface area contributed by atoms with Crippen LogP contribution in [-0.2, 0) is 10.2 Å². The van der Waals surface area contributed by atoms with Gasteiger partial charge in [-0.2, -0.15) is 0 Å². The Morgan fingerprint density at radius 2 is 1.71 bits per heavy atom. The van der Waals surface area contributed by atoms with E-state index in [1.807, 2.05) is 32.0 Å². The Hall–Kier alpha value is -4.14. The van der Waals surface area contributed by atoms with E-state index in [1.165, 1.54) is 45.2 Å². The average Bonchev–Trinajstić information content (AvgIpc) is 3.14. The van der Waals surface area contributed by atoms with Crippen LogP contribution in [0.25, 0.3) is 16.5 Å². The molecule has 3 amide bonds. The number of benzene rings is 2. The van der Waals surface area contributed by atoms with Gasteiger partial charge in [0.2, 0.25) is 0 Å². The van der Waals surface area contributed by atoms with Crippen molar-refractivity contribution in [2.45, 2.75) is 19.3 Å². The van der Waals surface area contributed by atoms with Gasteiger partial charge in [-0.15, -0.1) is 0 Å². The van der Waals surface area contributed by atoms with Crippen LogP contribution in [0.5, 0.6) is 0 Å². The van der Waals surface area contributed by atoms with Gasteiger partial charge in [0, 0.05) is 61.5 Å². The first kappa shape index (κ1) is 24.0. The smallest absolute Gasteiger partial charge is 0.339 e. The first-order valence-electron chi connectivity index (χ1n) is 11.0. The van der Waals surface area contributed by atoms with E-state index in [9.17, 15) is 23.9 Å². The number of hydrogen-bond acceptors (Lipinski definition) is 3. The summed E-state index contributed by atoms with van der Waals surface area (Å²) in [5.74, 6) is -2.07. The number of rotatable bonds is 3. The fraction of sp³-hybridized carbons (Fsp3) is 0.269. The molecule has 1 aliphatic rings. The van der Waals surface area contributed by atoms with Gasteiger partial charge in [0.15, 0.2) is 0 Å². The molecule has 0 fully saturated rings. The molecule has 4 rings (SSSR count). The molecule has 2 heterocycles. The summed E-state index contributed by atoms with van der Waals surface area (Å²) in [5, 5.41) is 10.9. The maximum atomic E-state index is 13.4. The standard InChI is InChI=1S/C26H27FN4O4/c1-26(2)14-31(23(32)15-6-8-16(27)9-7-15)13-19(24(33)34)22-21(26)18-11-10-17(12-20(18)28-22)30(5)25(35)29(3)4/h6-13,28H,14H2,1-5H3,(H,33,34). The van der Waals surface area contributed by atoms with Crippen molar-refractivity contribution in [3.05, 3.63) is 71.3 Å². The maximum absolute atomic E-state index is 13.4. The van der Waals surface area contributed by atoms with Crippen LogP contribution in [0.3, 0.4) is 0 Å². The van der Waals surface area contributed by atoms with Crippen molar-refractivity contribution in [3.8, 4) is 0 Å². The van der Waals surface area contributed by atoms with Gasteiger partial charge in [-0.05, 0) is 42.0 Å². The zero-order valence-corrected chi connectivity index (χ0v) is 20.2. The Morgan fingerprint density at radius 3 is 2.31 bits per heavy atom. The Balaban J connectivity index is 1.84. The third kappa shape index (κ3) is 4.25. The Kier molecular flexibility index (Phi) is 5.88. The van der Waals surface area contributed by atoms with Crippen molar-refractivity contribution >= 4 is 40.1 Å². The summed E-state index contributed by atoms with van der Waals surface area (Å²) in [7, 11) is 5.00. The quantitative estimate of drug-likeness (QED) is 0.587. The highest BCUT2D eigenvalue weighted by molar-refractivity contribution is 6.17. The largest absolute Gasteiger partial charge is 0.478 e. The molecular formula is C26H27FN4O4. The van der Waals surface area contributed by atoms with Gasteiger partial charge in [0.25, 0.3) is 5.91 Å². The molecule has 8 nitrogen and oxygen atoms in total. The third-order valence-corrected chi connectivity index (χ3v) is 6.22. The predicted octanol–water partition coefficient (Wildman–Crippen LogP) is 4.28. The zero-order valence-electron chi connectivity index (χ0n) is 20.2. The number of carboxylic acids is 1.